The minimum Gasteiger partial charge on any atom is -0.310 e. The lowest BCUT2D eigenvalue weighted by molar-refractivity contribution is 1.18. The number of hydrogen-bond donors (Lipinski definition) is 0. The molecule has 0 amide bonds. The largest absolute Gasteiger partial charge is 0.310 e. The lowest BCUT2D eigenvalue weighted by atomic mass is 9.94. The molecule has 0 radical (unpaired) electrons. The predicted octanol–water partition coefficient (Wildman–Crippen LogP) is 15.0. The highest BCUT2D eigenvalue weighted by atomic mass is 15.1. The van der Waals surface area contributed by atoms with Crippen LogP contribution in [0.25, 0.3) is 82.1 Å². The number of benzene rings is 10. The minimum absolute atomic E-state index is 1.09. The Bertz CT molecular complexity index is 3250. The molecule has 1 heterocycles. The summed E-state index contributed by atoms with van der Waals surface area (Å²) in [6, 6.07) is 79.6. The first-order chi connectivity index (χ1) is 27.8. The highest BCUT2D eigenvalue weighted by molar-refractivity contribution is 6.18. The molecule has 0 unspecified atom stereocenters. The fourth-order valence-electron chi connectivity index (χ4n) is 8.76. The second kappa shape index (κ2) is 13.2. The van der Waals surface area contributed by atoms with Crippen LogP contribution >= 0.6 is 0 Å². The maximum absolute atomic E-state index is 2.43. The molecule has 1 aromatic heterocycles. The van der Waals surface area contributed by atoms with E-state index in [2.05, 4.69) is 228 Å². The third kappa shape index (κ3) is 5.26. The lowest BCUT2D eigenvalue weighted by Gasteiger charge is -2.27. The van der Waals surface area contributed by atoms with Gasteiger partial charge < -0.3 is 9.47 Å². The third-order valence-electron chi connectivity index (χ3n) is 11.3. The standard InChI is InChI=1S/C54H36N2/c1-3-14-37(15-4-1)45-21-9-10-23-47(45)40-17-13-20-42(34-40)55(43-29-26-39-28-31-48-46-22-8-7-16-38(46)27-32-49(48)52(39)35-43)44-30-33-51-50-24-11-12-25-53(50)56(54(51)36-44)41-18-5-2-6-19-41/h1-36H. The van der Waals surface area contributed by atoms with Gasteiger partial charge in [0.05, 0.1) is 11.0 Å². The van der Waals surface area contributed by atoms with Crippen molar-refractivity contribution in [1.29, 1.82) is 0 Å². The maximum atomic E-state index is 2.43. The molecule has 0 atom stereocenters. The second-order valence-electron chi connectivity index (χ2n) is 14.5. The molecule has 0 saturated carbocycles. The summed E-state index contributed by atoms with van der Waals surface area (Å²) in [6.07, 6.45) is 0. The van der Waals surface area contributed by atoms with Crippen molar-refractivity contribution in [2.45, 2.75) is 0 Å². The van der Waals surface area contributed by atoms with Crippen LogP contribution in [-0.2, 0) is 0 Å². The molecule has 262 valence electrons. The van der Waals surface area contributed by atoms with Crippen molar-refractivity contribution in [3.05, 3.63) is 218 Å². The normalized spacial score (nSPS) is 11.6. The van der Waals surface area contributed by atoms with Gasteiger partial charge in [0.2, 0.25) is 0 Å². The van der Waals surface area contributed by atoms with Crippen LogP contribution in [0.2, 0.25) is 0 Å². The minimum atomic E-state index is 1.09. The molecule has 0 bridgehead atoms. The maximum Gasteiger partial charge on any atom is 0.0561 e. The first kappa shape index (κ1) is 32.0. The van der Waals surface area contributed by atoms with Gasteiger partial charge >= 0.3 is 0 Å². The smallest absolute Gasteiger partial charge is 0.0561 e. The molecule has 0 N–H and O–H groups in total. The van der Waals surface area contributed by atoms with Gasteiger partial charge in [-0.15, -0.1) is 0 Å². The number of rotatable bonds is 6. The Morgan fingerprint density at radius 1 is 0.286 bits per heavy atom. The van der Waals surface area contributed by atoms with Crippen molar-refractivity contribution in [2.75, 3.05) is 4.90 Å². The monoisotopic (exact) mass is 712 g/mol. The summed E-state index contributed by atoms with van der Waals surface area (Å²) < 4.78 is 2.40. The molecular formula is C54H36N2. The van der Waals surface area contributed by atoms with Gasteiger partial charge in [0.15, 0.2) is 0 Å². The summed E-state index contributed by atoms with van der Waals surface area (Å²) in [5.41, 5.74) is 11.6. The molecule has 0 aliphatic heterocycles. The summed E-state index contributed by atoms with van der Waals surface area (Å²) in [5, 5.41) is 10.00. The first-order valence-corrected chi connectivity index (χ1v) is 19.3. The molecular weight excluding hydrogens is 677 g/mol. The molecule has 0 aliphatic carbocycles. The molecule has 2 nitrogen and oxygen atoms in total. The molecule has 0 aliphatic rings. The van der Waals surface area contributed by atoms with E-state index in [1.807, 2.05) is 0 Å². The summed E-state index contributed by atoms with van der Waals surface area (Å²) in [4.78, 5) is 2.43. The van der Waals surface area contributed by atoms with E-state index in [0.29, 0.717) is 0 Å². The van der Waals surface area contributed by atoms with Crippen molar-refractivity contribution in [3.8, 4) is 27.9 Å². The van der Waals surface area contributed by atoms with Gasteiger partial charge in [-0.2, -0.15) is 0 Å². The summed E-state index contributed by atoms with van der Waals surface area (Å²) in [5.74, 6) is 0. The molecule has 2 heteroatoms. The third-order valence-corrected chi connectivity index (χ3v) is 11.3. The Balaban J connectivity index is 1.16. The Kier molecular flexibility index (Phi) is 7.53. The summed E-state index contributed by atoms with van der Waals surface area (Å²) in [6.45, 7) is 0. The second-order valence-corrected chi connectivity index (χ2v) is 14.5. The van der Waals surface area contributed by atoms with Crippen LogP contribution in [0.15, 0.2) is 218 Å². The summed E-state index contributed by atoms with van der Waals surface area (Å²) in [7, 11) is 0. The first-order valence-electron chi connectivity index (χ1n) is 19.3. The highest BCUT2D eigenvalue weighted by Crippen LogP contribution is 2.43. The lowest BCUT2D eigenvalue weighted by Crippen LogP contribution is -2.10. The van der Waals surface area contributed by atoms with Crippen molar-refractivity contribution >= 4 is 71.2 Å². The van der Waals surface area contributed by atoms with E-state index in [4.69, 9.17) is 0 Å². The summed E-state index contributed by atoms with van der Waals surface area (Å²) >= 11 is 0. The zero-order chi connectivity index (χ0) is 37.0. The van der Waals surface area contributed by atoms with E-state index in [9.17, 15) is 0 Å². The topological polar surface area (TPSA) is 8.17 Å². The van der Waals surface area contributed by atoms with E-state index in [0.717, 1.165) is 22.7 Å². The molecule has 0 saturated heterocycles. The molecule has 11 rings (SSSR count). The Labute approximate surface area is 325 Å². The van der Waals surface area contributed by atoms with Gasteiger partial charge in [-0.3, -0.25) is 0 Å². The van der Waals surface area contributed by atoms with Crippen LogP contribution < -0.4 is 4.90 Å². The van der Waals surface area contributed by atoms with Crippen LogP contribution in [-0.4, -0.2) is 4.57 Å². The quantitative estimate of drug-likeness (QED) is 0.156. The van der Waals surface area contributed by atoms with Crippen molar-refractivity contribution in [2.24, 2.45) is 0 Å². The zero-order valence-electron chi connectivity index (χ0n) is 30.7. The number of nitrogens with zero attached hydrogens (tertiary/aromatic N) is 2. The molecule has 0 spiro atoms. The van der Waals surface area contributed by atoms with Crippen LogP contribution in [0.5, 0.6) is 0 Å². The number of anilines is 3. The van der Waals surface area contributed by atoms with Crippen LogP contribution in [0.1, 0.15) is 0 Å². The fourth-order valence-corrected chi connectivity index (χ4v) is 8.76. The van der Waals surface area contributed by atoms with Crippen molar-refractivity contribution in [3.63, 3.8) is 0 Å². The number of para-hydroxylation sites is 2. The SMILES string of the molecule is c1ccc(-c2ccccc2-c2cccc(N(c3ccc4ccc5c6ccccc6ccc5c4c3)c3ccc4c5ccccc5n(-c5ccccc5)c4c3)c2)cc1. The Morgan fingerprint density at radius 2 is 0.821 bits per heavy atom. The van der Waals surface area contributed by atoms with Crippen LogP contribution in [0.4, 0.5) is 17.1 Å². The van der Waals surface area contributed by atoms with E-state index in [1.54, 1.807) is 0 Å². The van der Waals surface area contributed by atoms with Crippen molar-refractivity contribution in [1.82, 2.24) is 4.57 Å². The molecule has 10 aromatic carbocycles. The predicted molar refractivity (Wildman–Crippen MR) is 239 cm³/mol. The molecule has 0 fully saturated rings. The van der Waals surface area contributed by atoms with Gasteiger partial charge in [-0.1, -0.05) is 164 Å². The Morgan fingerprint density at radius 3 is 1.64 bits per heavy atom. The molecule has 11 aromatic rings. The highest BCUT2D eigenvalue weighted by Gasteiger charge is 2.19. The van der Waals surface area contributed by atoms with Gasteiger partial charge in [0, 0.05) is 33.5 Å². The number of fused-ring (bicyclic) bond motifs is 8. The van der Waals surface area contributed by atoms with E-state index in [-0.39, 0.29) is 0 Å². The van der Waals surface area contributed by atoms with Crippen LogP contribution in [0, 0.1) is 0 Å². The van der Waals surface area contributed by atoms with Gasteiger partial charge in [0.25, 0.3) is 0 Å². The number of aromatic nitrogens is 1. The van der Waals surface area contributed by atoms with E-state index in [1.165, 1.54) is 76.4 Å². The van der Waals surface area contributed by atoms with Crippen molar-refractivity contribution < 1.29 is 0 Å². The van der Waals surface area contributed by atoms with E-state index >= 15 is 0 Å². The fraction of sp³-hybridized carbons (Fsp3) is 0. The van der Waals surface area contributed by atoms with Gasteiger partial charge in [-0.25, -0.2) is 0 Å². The number of hydrogen-bond acceptors (Lipinski definition) is 1. The van der Waals surface area contributed by atoms with Crippen LogP contribution in [0.3, 0.4) is 0 Å². The molecule has 56 heavy (non-hydrogen) atoms. The van der Waals surface area contributed by atoms with Gasteiger partial charge in [0.1, 0.15) is 0 Å². The van der Waals surface area contributed by atoms with E-state index < -0.39 is 0 Å². The average molecular weight is 713 g/mol. The Hall–Kier alpha value is -7.42. The zero-order valence-corrected chi connectivity index (χ0v) is 30.7. The van der Waals surface area contributed by atoms with Gasteiger partial charge in [-0.05, 0) is 109 Å². The average Bonchev–Trinajstić information content (AvgIpc) is 3.60.